The van der Waals surface area contributed by atoms with E-state index >= 15 is 0 Å². The van der Waals surface area contributed by atoms with Gasteiger partial charge in [-0.05, 0) is 55.3 Å². The molecular weight excluding hydrogens is 406 g/mol. The first-order valence-electron chi connectivity index (χ1n) is 5.85. The molecule has 3 nitrogen and oxygen atoms in total. The molecule has 106 valence electrons. The first kappa shape index (κ1) is 15.5. The van der Waals surface area contributed by atoms with E-state index in [1.165, 1.54) is 0 Å². The molecule has 20 heavy (non-hydrogen) atoms. The van der Waals surface area contributed by atoms with Crippen molar-refractivity contribution in [1.82, 2.24) is 0 Å². The van der Waals surface area contributed by atoms with E-state index in [1.807, 2.05) is 19.1 Å². The van der Waals surface area contributed by atoms with Gasteiger partial charge < -0.3 is 0 Å². The number of benzene rings is 2. The van der Waals surface area contributed by atoms with E-state index in [-0.39, 0.29) is 4.90 Å². The Hall–Kier alpha value is -0.850. The summed E-state index contributed by atoms with van der Waals surface area (Å²) >= 11 is 6.66. The molecule has 2 rings (SSSR count). The van der Waals surface area contributed by atoms with Gasteiger partial charge in [-0.1, -0.05) is 37.9 Å². The smallest absolute Gasteiger partial charge is 0.262 e. The average Bonchev–Trinajstić information content (AvgIpc) is 2.35. The summed E-state index contributed by atoms with van der Waals surface area (Å²) < 4.78 is 29.2. The Kier molecular flexibility index (Phi) is 4.56. The number of hydrogen-bond donors (Lipinski definition) is 1. The number of rotatable bonds is 3. The molecule has 0 aliphatic carbocycles. The van der Waals surface area contributed by atoms with Crippen LogP contribution >= 0.6 is 31.9 Å². The molecule has 2 aromatic rings. The van der Waals surface area contributed by atoms with Crippen molar-refractivity contribution in [3.63, 3.8) is 0 Å². The Morgan fingerprint density at radius 3 is 2.15 bits per heavy atom. The normalized spacial score (nSPS) is 11.4. The van der Waals surface area contributed by atoms with Crippen molar-refractivity contribution in [2.24, 2.45) is 0 Å². The highest BCUT2D eigenvalue weighted by molar-refractivity contribution is 9.10. The van der Waals surface area contributed by atoms with Gasteiger partial charge in [-0.2, -0.15) is 0 Å². The molecule has 0 aromatic heterocycles. The van der Waals surface area contributed by atoms with Crippen LogP contribution in [0.2, 0.25) is 0 Å². The van der Waals surface area contributed by atoms with Gasteiger partial charge in [0.05, 0.1) is 10.6 Å². The minimum absolute atomic E-state index is 0.272. The number of halogens is 2. The summed E-state index contributed by atoms with van der Waals surface area (Å²) in [5.41, 5.74) is 2.14. The van der Waals surface area contributed by atoms with Gasteiger partial charge in [0.1, 0.15) is 0 Å². The van der Waals surface area contributed by atoms with Gasteiger partial charge in [0.15, 0.2) is 0 Å². The number of aryl methyl sites for hydroxylation is 2. The van der Waals surface area contributed by atoms with Crippen LogP contribution < -0.4 is 4.72 Å². The van der Waals surface area contributed by atoms with Gasteiger partial charge in [-0.3, -0.25) is 4.72 Å². The van der Waals surface area contributed by atoms with Crippen LogP contribution in [0, 0.1) is 13.8 Å². The molecule has 0 unspecified atom stereocenters. The SMILES string of the molecule is Cc1cc(Br)ccc1NS(=O)(=O)c1cc(Br)ccc1C. The second kappa shape index (κ2) is 5.87. The van der Waals surface area contributed by atoms with Gasteiger partial charge in [0.2, 0.25) is 0 Å². The van der Waals surface area contributed by atoms with E-state index in [0.717, 1.165) is 14.5 Å². The van der Waals surface area contributed by atoms with Crippen molar-refractivity contribution < 1.29 is 8.42 Å². The molecule has 0 saturated carbocycles. The van der Waals surface area contributed by atoms with E-state index in [9.17, 15) is 8.42 Å². The molecule has 0 atom stereocenters. The van der Waals surface area contributed by atoms with Crippen LogP contribution in [0.3, 0.4) is 0 Å². The highest BCUT2D eigenvalue weighted by Gasteiger charge is 2.18. The summed E-state index contributed by atoms with van der Waals surface area (Å²) in [4.78, 5) is 0.272. The van der Waals surface area contributed by atoms with Crippen molar-refractivity contribution in [1.29, 1.82) is 0 Å². The zero-order chi connectivity index (χ0) is 14.9. The van der Waals surface area contributed by atoms with Gasteiger partial charge in [-0.25, -0.2) is 8.42 Å². The fourth-order valence-electron chi connectivity index (χ4n) is 1.80. The topological polar surface area (TPSA) is 46.2 Å². The summed E-state index contributed by atoms with van der Waals surface area (Å²) in [5, 5.41) is 0. The highest BCUT2D eigenvalue weighted by atomic mass is 79.9. The van der Waals surface area contributed by atoms with E-state index in [1.54, 1.807) is 31.2 Å². The second-order valence-electron chi connectivity index (χ2n) is 4.47. The monoisotopic (exact) mass is 417 g/mol. The number of anilines is 1. The van der Waals surface area contributed by atoms with Crippen LogP contribution in [0.4, 0.5) is 5.69 Å². The molecule has 1 N–H and O–H groups in total. The van der Waals surface area contributed by atoms with Gasteiger partial charge in [0, 0.05) is 8.95 Å². The minimum atomic E-state index is -3.60. The van der Waals surface area contributed by atoms with E-state index in [2.05, 4.69) is 36.6 Å². The third-order valence-corrected chi connectivity index (χ3v) is 5.37. The fraction of sp³-hybridized carbons (Fsp3) is 0.143. The Morgan fingerprint density at radius 1 is 0.900 bits per heavy atom. The molecule has 0 spiro atoms. The van der Waals surface area contributed by atoms with Crippen LogP contribution in [-0.4, -0.2) is 8.42 Å². The number of sulfonamides is 1. The van der Waals surface area contributed by atoms with Crippen LogP contribution in [0.25, 0.3) is 0 Å². The Labute approximate surface area is 135 Å². The molecule has 0 heterocycles. The predicted molar refractivity (Wildman–Crippen MR) is 88.6 cm³/mol. The quantitative estimate of drug-likeness (QED) is 0.789. The van der Waals surface area contributed by atoms with Crippen molar-refractivity contribution in [2.45, 2.75) is 18.7 Å². The molecule has 0 aliphatic rings. The van der Waals surface area contributed by atoms with E-state index in [4.69, 9.17) is 0 Å². The van der Waals surface area contributed by atoms with Crippen molar-refractivity contribution in [2.75, 3.05) is 4.72 Å². The summed E-state index contributed by atoms with van der Waals surface area (Å²) in [6.07, 6.45) is 0. The molecule has 2 aromatic carbocycles. The molecule has 6 heteroatoms. The largest absolute Gasteiger partial charge is 0.279 e. The van der Waals surface area contributed by atoms with Crippen molar-refractivity contribution in [3.8, 4) is 0 Å². The third-order valence-electron chi connectivity index (χ3n) is 2.87. The zero-order valence-electron chi connectivity index (χ0n) is 10.9. The standard InChI is InChI=1S/C14H13Br2NO2S/c1-9-3-4-12(16)8-14(9)20(18,19)17-13-6-5-11(15)7-10(13)2/h3-8,17H,1-2H3. The lowest BCUT2D eigenvalue weighted by molar-refractivity contribution is 0.600. The van der Waals surface area contributed by atoms with Crippen molar-refractivity contribution in [3.05, 3.63) is 56.5 Å². The Balaban J connectivity index is 2.43. The maximum atomic E-state index is 12.5. The zero-order valence-corrected chi connectivity index (χ0v) is 14.9. The van der Waals surface area contributed by atoms with E-state index in [0.29, 0.717) is 11.3 Å². The van der Waals surface area contributed by atoms with Crippen molar-refractivity contribution >= 4 is 47.6 Å². The molecular formula is C14H13Br2NO2S. The maximum absolute atomic E-state index is 12.5. The Morgan fingerprint density at radius 2 is 1.50 bits per heavy atom. The van der Waals surface area contributed by atoms with Gasteiger partial charge >= 0.3 is 0 Å². The summed E-state index contributed by atoms with van der Waals surface area (Å²) in [5.74, 6) is 0. The lowest BCUT2D eigenvalue weighted by Gasteiger charge is -2.13. The molecule has 0 fully saturated rings. The molecule has 0 amide bonds. The number of hydrogen-bond acceptors (Lipinski definition) is 2. The first-order valence-corrected chi connectivity index (χ1v) is 8.91. The fourth-order valence-corrected chi connectivity index (χ4v) is 4.20. The average molecular weight is 419 g/mol. The lowest BCUT2D eigenvalue weighted by Crippen LogP contribution is -2.15. The minimum Gasteiger partial charge on any atom is -0.279 e. The van der Waals surface area contributed by atoms with Crippen LogP contribution in [0.5, 0.6) is 0 Å². The molecule has 0 aliphatic heterocycles. The lowest BCUT2D eigenvalue weighted by atomic mass is 10.2. The van der Waals surface area contributed by atoms with Crippen LogP contribution in [-0.2, 0) is 10.0 Å². The van der Waals surface area contributed by atoms with E-state index < -0.39 is 10.0 Å². The van der Waals surface area contributed by atoms with Gasteiger partial charge in [0.25, 0.3) is 10.0 Å². The predicted octanol–water partition coefficient (Wildman–Crippen LogP) is 4.63. The molecule has 0 radical (unpaired) electrons. The third kappa shape index (κ3) is 3.42. The Bertz CT molecular complexity index is 758. The second-order valence-corrected chi connectivity index (χ2v) is 7.96. The first-order chi connectivity index (χ1) is 9.29. The summed E-state index contributed by atoms with van der Waals surface area (Å²) in [6.45, 7) is 3.63. The summed E-state index contributed by atoms with van der Waals surface area (Å²) in [7, 11) is -3.60. The van der Waals surface area contributed by atoms with Crippen LogP contribution in [0.1, 0.15) is 11.1 Å². The molecule has 0 bridgehead atoms. The maximum Gasteiger partial charge on any atom is 0.262 e. The molecule has 0 saturated heterocycles. The summed E-state index contributed by atoms with van der Waals surface area (Å²) in [6, 6.07) is 10.6. The number of nitrogens with one attached hydrogen (secondary N) is 1. The van der Waals surface area contributed by atoms with Crippen LogP contribution in [0.15, 0.2) is 50.2 Å². The highest BCUT2D eigenvalue weighted by Crippen LogP contribution is 2.26. The van der Waals surface area contributed by atoms with Gasteiger partial charge in [-0.15, -0.1) is 0 Å².